The molecule has 0 rings (SSSR count). The van der Waals surface area contributed by atoms with Crippen molar-refractivity contribution < 1.29 is 14.7 Å². The molecule has 0 fully saturated rings. The van der Waals surface area contributed by atoms with Gasteiger partial charge in [-0.1, -0.05) is 19.8 Å². The van der Waals surface area contributed by atoms with E-state index in [9.17, 15) is 9.59 Å². The molecule has 0 bridgehead atoms. The van der Waals surface area contributed by atoms with Crippen LogP contribution in [-0.2, 0) is 4.79 Å². The Morgan fingerprint density at radius 3 is 2.35 bits per heavy atom. The van der Waals surface area contributed by atoms with Crippen molar-refractivity contribution in [1.29, 1.82) is 0 Å². The van der Waals surface area contributed by atoms with Gasteiger partial charge in [0.2, 0.25) is 0 Å². The third-order valence-electron chi connectivity index (χ3n) is 2.70. The van der Waals surface area contributed by atoms with Crippen molar-refractivity contribution in [3.63, 3.8) is 0 Å². The van der Waals surface area contributed by atoms with Gasteiger partial charge in [0.05, 0.1) is 5.41 Å². The summed E-state index contributed by atoms with van der Waals surface area (Å²) in [6.45, 7) is 6.13. The Morgan fingerprint density at radius 1 is 1.29 bits per heavy atom. The molecule has 0 atom stereocenters. The van der Waals surface area contributed by atoms with E-state index >= 15 is 0 Å². The SMILES string of the molecule is CCCCCN(C)C(=O)NCC(C)(C)C(=O)O. The molecule has 2 amide bonds. The summed E-state index contributed by atoms with van der Waals surface area (Å²) < 4.78 is 0. The van der Waals surface area contributed by atoms with Crippen LogP contribution < -0.4 is 5.32 Å². The van der Waals surface area contributed by atoms with Crippen molar-refractivity contribution >= 4 is 12.0 Å². The maximum atomic E-state index is 11.6. The van der Waals surface area contributed by atoms with Crippen molar-refractivity contribution in [2.24, 2.45) is 5.41 Å². The number of hydrogen-bond donors (Lipinski definition) is 2. The number of hydrogen-bond acceptors (Lipinski definition) is 2. The zero-order valence-electron chi connectivity index (χ0n) is 11.2. The van der Waals surface area contributed by atoms with Crippen molar-refractivity contribution in [2.75, 3.05) is 20.1 Å². The Hall–Kier alpha value is -1.26. The molecule has 0 aliphatic heterocycles. The first kappa shape index (κ1) is 15.7. The van der Waals surface area contributed by atoms with Gasteiger partial charge in [-0.3, -0.25) is 4.79 Å². The average Bonchev–Trinajstić information content (AvgIpc) is 2.26. The summed E-state index contributed by atoms with van der Waals surface area (Å²) in [5, 5.41) is 11.5. The first-order chi connectivity index (χ1) is 7.81. The number of amides is 2. The highest BCUT2D eigenvalue weighted by Gasteiger charge is 2.27. The Balaban J connectivity index is 3.97. The third kappa shape index (κ3) is 6.14. The minimum atomic E-state index is -0.931. The minimum absolute atomic E-state index is 0.138. The lowest BCUT2D eigenvalue weighted by Gasteiger charge is -2.23. The molecular formula is C12H24N2O3. The van der Waals surface area contributed by atoms with Gasteiger partial charge in [-0.25, -0.2) is 4.79 Å². The average molecular weight is 244 g/mol. The van der Waals surface area contributed by atoms with Crippen LogP contribution in [-0.4, -0.2) is 42.1 Å². The molecule has 0 aliphatic rings. The van der Waals surface area contributed by atoms with E-state index in [0.29, 0.717) is 6.54 Å². The Morgan fingerprint density at radius 2 is 1.88 bits per heavy atom. The standard InChI is InChI=1S/C12H24N2O3/c1-5-6-7-8-14(4)11(17)13-9-12(2,3)10(15)16/h5-9H2,1-4H3,(H,13,17)(H,15,16). The van der Waals surface area contributed by atoms with E-state index in [-0.39, 0.29) is 12.6 Å². The number of aliphatic carboxylic acids is 1. The Bertz CT molecular complexity index is 264. The molecule has 0 saturated heterocycles. The second kappa shape index (κ2) is 7.14. The van der Waals surface area contributed by atoms with Gasteiger partial charge in [-0.05, 0) is 20.3 Å². The largest absolute Gasteiger partial charge is 0.481 e. The summed E-state index contributed by atoms with van der Waals surface area (Å²) in [6, 6.07) is -0.213. The fraction of sp³-hybridized carbons (Fsp3) is 0.833. The van der Waals surface area contributed by atoms with E-state index in [2.05, 4.69) is 12.2 Å². The molecule has 2 N–H and O–H groups in total. The molecule has 0 unspecified atom stereocenters. The van der Waals surface area contributed by atoms with Crippen LogP contribution in [0.15, 0.2) is 0 Å². The quantitative estimate of drug-likeness (QED) is 0.672. The van der Waals surface area contributed by atoms with Gasteiger partial charge in [0, 0.05) is 20.1 Å². The van der Waals surface area contributed by atoms with Gasteiger partial charge >= 0.3 is 12.0 Å². The van der Waals surface area contributed by atoms with E-state index in [4.69, 9.17) is 5.11 Å². The Kier molecular flexibility index (Phi) is 6.61. The molecule has 0 spiro atoms. The number of urea groups is 1. The van der Waals surface area contributed by atoms with E-state index in [0.717, 1.165) is 19.3 Å². The maximum Gasteiger partial charge on any atom is 0.317 e. The predicted octanol–water partition coefficient (Wildman–Crippen LogP) is 1.93. The highest BCUT2D eigenvalue weighted by atomic mass is 16.4. The molecule has 0 aromatic heterocycles. The molecule has 5 heteroatoms. The first-order valence-electron chi connectivity index (χ1n) is 6.03. The van der Waals surface area contributed by atoms with Gasteiger partial charge in [-0.15, -0.1) is 0 Å². The normalized spacial score (nSPS) is 11.1. The lowest BCUT2D eigenvalue weighted by atomic mass is 9.94. The first-order valence-corrected chi connectivity index (χ1v) is 6.03. The lowest BCUT2D eigenvalue weighted by Crippen LogP contribution is -2.44. The summed E-state index contributed by atoms with van der Waals surface area (Å²) in [4.78, 5) is 24.1. The fourth-order valence-electron chi connectivity index (χ4n) is 1.21. The summed E-state index contributed by atoms with van der Waals surface area (Å²) >= 11 is 0. The number of rotatable bonds is 7. The number of carboxylic acid groups (broad SMARTS) is 1. The Labute approximate surface area is 103 Å². The van der Waals surface area contributed by atoms with E-state index in [1.807, 2.05) is 0 Å². The highest BCUT2D eigenvalue weighted by molar-refractivity contribution is 5.77. The molecule has 0 heterocycles. The van der Waals surface area contributed by atoms with Crippen LogP contribution in [0.1, 0.15) is 40.0 Å². The van der Waals surface area contributed by atoms with Gasteiger partial charge in [0.25, 0.3) is 0 Å². The molecule has 5 nitrogen and oxygen atoms in total. The molecule has 17 heavy (non-hydrogen) atoms. The van der Waals surface area contributed by atoms with Crippen LogP contribution in [0.4, 0.5) is 4.79 Å². The minimum Gasteiger partial charge on any atom is -0.481 e. The topological polar surface area (TPSA) is 69.6 Å². The molecular weight excluding hydrogens is 220 g/mol. The lowest BCUT2D eigenvalue weighted by molar-refractivity contribution is -0.146. The van der Waals surface area contributed by atoms with Gasteiger partial charge in [-0.2, -0.15) is 0 Å². The van der Waals surface area contributed by atoms with Crippen molar-refractivity contribution in [3.05, 3.63) is 0 Å². The summed E-state index contributed by atoms with van der Waals surface area (Å²) in [5.74, 6) is -0.911. The second-order valence-electron chi connectivity index (χ2n) is 4.98. The summed E-state index contributed by atoms with van der Waals surface area (Å²) in [6.07, 6.45) is 3.18. The molecule has 0 aromatic rings. The predicted molar refractivity (Wildman–Crippen MR) is 67.0 cm³/mol. The molecule has 0 radical (unpaired) electrons. The van der Waals surface area contributed by atoms with Crippen molar-refractivity contribution in [1.82, 2.24) is 10.2 Å². The number of carboxylic acids is 1. The molecule has 0 saturated carbocycles. The number of carbonyl (C=O) groups excluding carboxylic acids is 1. The number of unbranched alkanes of at least 4 members (excludes halogenated alkanes) is 2. The monoisotopic (exact) mass is 244 g/mol. The van der Waals surface area contributed by atoms with Gasteiger partial charge < -0.3 is 15.3 Å². The van der Waals surface area contributed by atoms with Crippen LogP contribution in [0, 0.1) is 5.41 Å². The molecule has 100 valence electrons. The number of nitrogens with one attached hydrogen (secondary N) is 1. The molecule has 0 aromatic carbocycles. The van der Waals surface area contributed by atoms with Crippen molar-refractivity contribution in [2.45, 2.75) is 40.0 Å². The fourth-order valence-corrected chi connectivity index (χ4v) is 1.21. The maximum absolute atomic E-state index is 11.6. The highest BCUT2D eigenvalue weighted by Crippen LogP contribution is 2.13. The van der Waals surface area contributed by atoms with Gasteiger partial charge in [0.15, 0.2) is 0 Å². The van der Waals surface area contributed by atoms with Gasteiger partial charge in [0.1, 0.15) is 0 Å². The van der Waals surface area contributed by atoms with Crippen LogP contribution in [0.5, 0.6) is 0 Å². The van der Waals surface area contributed by atoms with Crippen molar-refractivity contribution in [3.8, 4) is 0 Å². The smallest absolute Gasteiger partial charge is 0.317 e. The van der Waals surface area contributed by atoms with Crippen LogP contribution in [0.3, 0.4) is 0 Å². The van der Waals surface area contributed by atoms with Crippen LogP contribution in [0.25, 0.3) is 0 Å². The molecule has 0 aliphatic carbocycles. The van der Waals surface area contributed by atoms with E-state index in [1.54, 1.807) is 25.8 Å². The number of carbonyl (C=O) groups is 2. The number of nitrogens with zero attached hydrogens (tertiary/aromatic N) is 1. The van der Waals surface area contributed by atoms with E-state index in [1.165, 1.54) is 0 Å². The second-order valence-corrected chi connectivity index (χ2v) is 4.98. The van der Waals surface area contributed by atoms with E-state index < -0.39 is 11.4 Å². The van der Waals surface area contributed by atoms with Crippen LogP contribution >= 0.6 is 0 Å². The third-order valence-corrected chi connectivity index (χ3v) is 2.70. The zero-order valence-corrected chi connectivity index (χ0v) is 11.2. The summed E-state index contributed by atoms with van der Waals surface area (Å²) in [5.41, 5.74) is -0.931. The zero-order chi connectivity index (χ0) is 13.5. The summed E-state index contributed by atoms with van der Waals surface area (Å²) in [7, 11) is 1.72. The van der Waals surface area contributed by atoms with Crippen LogP contribution in [0.2, 0.25) is 0 Å².